The van der Waals surface area contributed by atoms with Crippen LogP contribution in [-0.4, -0.2) is 42.4 Å². The highest BCUT2D eigenvalue weighted by Gasteiger charge is 2.31. The molecule has 0 aliphatic carbocycles. The molecular weight excluding hydrogens is 302 g/mol. The number of nitrogens with zero attached hydrogens (tertiary/aromatic N) is 1. The quantitative estimate of drug-likeness (QED) is 0.879. The van der Waals surface area contributed by atoms with Crippen molar-refractivity contribution in [3.05, 3.63) is 48.0 Å². The summed E-state index contributed by atoms with van der Waals surface area (Å²) >= 11 is 0. The molecule has 2 aromatic rings. The van der Waals surface area contributed by atoms with Gasteiger partial charge in [0.15, 0.2) is 0 Å². The first kappa shape index (κ1) is 16.5. The molecular formula is C19H23N3O2. The number of hydrogen-bond donors (Lipinski definition) is 2. The fraction of sp³-hybridized carbons (Fsp3) is 0.368. The summed E-state index contributed by atoms with van der Waals surface area (Å²) in [5, 5.41) is 8.04. The largest absolute Gasteiger partial charge is 0.356 e. The maximum atomic E-state index is 12.3. The van der Waals surface area contributed by atoms with E-state index in [9.17, 15) is 9.59 Å². The fourth-order valence-electron chi connectivity index (χ4n) is 3.27. The number of carbonyl (C=O) groups is 2. The second kappa shape index (κ2) is 7.45. The maximum absolute atomic E-state index is 12.3. The average molecular weight is 325 g/mol. The lowest BCUT2D eigenvalue weighted by atomic mass is 10.0. The van der Waals surface area contributed by atoms with Crippen molar-refractivity contribution in [1.82, 2.24) is 15.5 Å². The molecule has 1 aliphatic rings. The molecule has 2 N–H and O–H groups in total. The van der Waals surface area contributed by atoms with E-state index in [2.05, 4.69) is 39.8 Å². The first-order valence-electron chi connectivity index (χ1n) is 8.44. The van der Waals surface area contributed by atoms with Crippen LogP contribution in [0.1, 0.15) is 18.9 Å². The molecule has 0 spiro atoms. The Morgan fingerprint density at radius 2 is 2.04 bits per heavy atom. The van der Waals surface area contributed by atoms with Crippen LogP contribution < -0.4 is 10.6 Å². The summed E-state index contributed by atoms with van der Waals surface area (Å²) < 4.78 is 0. The molecule has 126 valence electrons. The first-order chi connectivity index (χ1) is 11.7. The van der Waals surface area contributed by atoms with E-state index >= 15 is 0 Å². The number of rotatable bonds is 5. The van der Waals surface area contributed by atoms with Crippen molar-refractivity contribution in [3.63, 3.8) is 0 Å². The lowest BCUT2D eigenvalue weighted by Crippen LogP contribution is -2.56. The van der Waals surface area contributed by atoms with Crippen molar-refractivity contribution >= 4 is 22.6 Å². The molecule has 5 heteroatoms. The van der Waals surface area contributed by atoms with E-state index in [1.54, 1.807) is 0 Å². The summed E-state index contributed by atoms with van der Waals surface area (Å²) in [6, 6.07) is 14.1. The Morgan fingerprint density at radius 1 is 1.25 bits per heavy atom. The van der Waals surface area contributed by atoms with Crippen molar-refractivity contribution in [2.75, 3.05) is 19.6 Å². The molecule has 1 heterocycles. The molecule has 1 atom stereocenters. The molecule has 1 saturated heterocycles. The Labute approximate surface area is 142 Å². The van der Waals surface area contributed by atoms with Crippen LogP contribution in [0, 0.1) is 0 Å². The van der Waals surface area contributed by atoms with Gasteiger partial charge in [0.2, 0.25) is 11.8 Å². The van der Waals surface area contributed by atoms with Crippen molar-refractivity contribution in [2.45, 2.75) is 25.9 Å². The summed E-state index contributed by atoms with van der Waals surface area (Å²) in [6.07, 6.45) is 0.199. The highest BCUT2D eigenvalue weighted by atomic mass is 16.2. The van der Waals surface area contributed by atoms with Crippen molar-refractivity contribution < 1.29 is 9.59 Å². The highest BCUT2D eigenvalue weighted by molar-refractivity contribution is 5.89. The number of piperazine rings is 1. The third kappa shape index (κ3) is 3.57. The third-order valence-corrected chi connectivity index (χ3v) is 4.45. The van der Waals surface area contributed by atoms with Gasteiger partial charge in [-0.25, -0.2) is 0 Å². The van der Waals surface area contributed by atoms with Gasteiger partial charge in [-0.05, 0) is 23.3 Å². The fourth-order valence-corrected chi connectivity index (χ4v) is 3.27. The molecule has 2 amide bonds. The molecule has 0 bridgehead atoms. The third-order valence-electron chi connectivity index (χ3n) is 4.45. The molecule has 5 nitrogen and oxygen atoms in total. The van der Waals surface area contributed by atoms with E-state index < -0.39 is 6.04 Å². The van der Waals surface area contributed by atoms with Crippen LogP contribution in [0.25, 0.3) is 10.8 Å². The monoisotopic (exact) mass is 325 g/mol. The first-order valence-corrected chi connectivity index (χ1v) is 8.44. The van der Waals surface area contributed by atoms with Crippen molar-refractivity contribution in [2.24, 2.45) is 0 Å². The topological polar surface area (TPSA) is 61.4 Å². The molecule has 0 saturated carbocycles. The predicted molar refractivity (Wildman–Crippen MR) is 94.5 cm³/mol. The Morgan fingerprint density at radius 3 is 2.88 bits per heavy atom. The van der Waals surface area contributed by atoms with Gasteiger partial charge in [0.25, 0.3) is 0 Å². The van der Waals surface area contributed by atoms with Gasteiger partial charge in [-0.1, -0.05) is 42.5 Å². The number of fused-ring (bicyclic) bond motifs is 1. The van der Waals surface area contributed by atoms with Crippen LogP contribution in [0.4, 0.5) is 0 Å². The van der Waals surface area contributed by atoms with Gasteiger partial charge in [0.05, 0.1) is 12.5 Å². The van der Waals surface area contributed by atoms with Gasteiger partial charge >= 0.3 is 0 Å². The van der Waals surface area contributed by atoms with Gasteiger partial charge in [-0.3, -0.25) is 14.5 Å². The Bertz CT molecular complexity index is 739. The summed E-state index contributed by atoms with van der Waals surface area (Å²) in [6.45, 7) is 4.50. The summed E-state index contributed by atoms with van der Waals surface area (Å²) in [5.74, 6) is -0.143. The molecule has 1 fully saturated rings. The molecule has 2 aromatic carbocycles. The van der Waals surface area contributed by atoms with Crippen LogP contribution in [0.2, 0.25) is 0 Å². The van der Waals surface area contributed by atoms with Crippen LogP contribution in [-0.2, 0) is 16.1 Å². The van der Waals surface area contributed by atoms with Crippen LogP contribution >= 0.6 is 0 Å². The molecule has 0 aromatic heterocycles. The molecule has 0 radical (unpaired) electrons. The van der Waals surface area contributed by atoms with Gasteiger partial charge in [-0.2, -0.15) is 0 Å². The van der Waals surface area contributed by atoms with E-state index in [1.807, 2.05) is 25.1 Å². The van der Waals surface area contributed by atoms with Gasteiger partial charge < -0.3 is 10.6 Å². The van der Waals surface area contributed by atoms with Crippen molar-refractivity contribution in [3.8, 4) is 0 Å². The van der Waals surface area contributed by atoms with E-state index in [0.717, 1.165) is 6.54 Å². The van der Waals surface area contributed by atoms with E-state index in [0.29, 0.717) is 19.6 Å². The van der Waals surface area contributed by atoms with Crippen LogP contribution in [0.3, 0.4) is 0 Å². The number of carbonyl (C=O) groups excluding carboxylic acids is 2. The Balaban J connectivity index is 1.82. The summed E-state index contributed by atoms with van der Waals surface area (Å²) in [7, 11) is 0. The molecule has 1 unspecified atom stereocenters. The van der Waals surface area contributed by atoms with Gasteiger partial charge in [0, 0.05) is 26.2 Å². The predicted octanol–water partition coefficient (Wildman–Crippen LogP) is 1.67. The van der Waals surface area contributed by atoms with Gasteiger partial charge in [-0.15, -0.1) is 0 Å². The standard InChI is InChI=1S/C19H23N3O2/c1-2-20-18(23)12-17-19(24)21-10-11-22(17)13-15-8-5-7-14-6-3-4-9-16(14)15/h3-9,17H,2,10-13H2,1H3,(H,20,23)(H,21,24). The minimum absolute atomic E-state index is 0.0623. The second-order valence-corrected chi connectivity index (χ2v) is 6.07. The van der Waals surface area contributed by atoms with Crippen LogP contribution in [0.15, 0.2) is 42.5 Å². The van der Waals surface area contributed by atoms with Gasteiger partial charge in [0.1, 0.15) is 0 Å². The normalized spacial score (nSPS) is 18.4. The van der Waals surface area contributed by atoms with E-state index in [4.69, 9.17) is 0 Å². The Kier molecular flexibility index (Phi) is 5.11. The van der Waals surface area contributed by atoms with Crippen LogP contribution in [0.5, 0.6) is 0 Å². The summed E-state index contributed by atoms with van der Waals surface area (Å²) in [4.78, 5) is 26.3. The zero-order chi connectivity index (χ0) is 16.9. The number of amides is 2. The average Bonchev–Trinajstić information content (AvgIpc) is 2.58. The lowest BCUT2D eigenvalue weighted by molar-refractivity contribution is -0.134. The second-order valence-electron chi connectivity index (χ2n) is 6.07. The molecule has 24 heavy (non-hydrogen) atoms. The minimum Gasteiger partial charge on any atom is -0.356 e. The maximum Gasteiger partial charge on any atom is 0.237 e. The SMILES string of the molecule is CCNC(=O)CC1C(=O)NCCN1Cc1cccc2ccccc12. The Hall–Kier alpha value is -2.40. The smallest absolute Gasteiger partial charge is 0.237 e. The zero-order valence-corrected chi connectivity index (χ0v) is 13.9. The number of nitrogens with one attached hydrogen (secondary N) is 2. The minimum atomic E-state index is -0.413. The number of benzene rings is 2. The molecule has 1 aliphatic heterocycles. The zero-order valence-electron chi connectivity index (χ0n) is 13.9. The molecule has 3 rings (SSSR count). The lowest BCUT2D eigenvalue weighted by Gasteiger charge is -2.35. The highest BCUT2D eigenvalue weighted by Crippen LogP contribution is 2.22. The van der Waals surface area contributed by atoms with E-state index in [-0.39, 0.29) is 18.2 Å². The summed E-state index contributed by atoms with van der Waals surface area (Å²) in [5.41, 5.74) is 1.18. The van der Waals surface area contributed by atoms with Crippen molar-refractivity contribution in [1.29, 1.82) is 0 Å². The number of hydrogen-bond acceptors (Lipinski definition) is 3. The van der Waals surface area contributed by atoms with E-state index in [1.165, 1.54) is 16.3 Å².